The van der Waals surface area contributed by atoms with Gasteiger partial charge in [0, 0.05) is 29.8 Å². The SMILES string of the molecule is CCN(C(C)CN(C)C)S(=O)(=O)c1cc(N)c(C)c(Cl)c1. The average Bonchev–Trinajstić information content (AvgIpc) is 2.34. The Morgan fingerprint density at radius 2 is 1.90 bits per heavy atom. The summed E-state index contributed by atoms with van der Waals surface area (Å²) in [5.41, 5.74) is 6.92. The molecule has 1 rings (SSSR count). The molecule has 0 saturated heterocycles. The lowest BCUT2D eigenvalue weighted by molar-refractivity contribution is 0.271. The largest absolute Gasteiger partial charge is 0.398 e. The second-order valence-corrected chi connectivity index (χ2v) is 7.74. The third kappa shape index (κ3) is 4.10. The van der Waals surface area contributed by atoms with Crippen LogP contribution in [0.5, 0.6) is 0 Å². The maximum atomic E-state index is 12.8. The number of nitrogens with two attached hydrogens (primary N) is 1. The molecule has 1 aromatic rings. The predicted molar refractivity (Wildman–Crippen MR) is 88.2 cm³/mol. The quantitative estimate of drug-likeness (QED) is 0.810. The normalized spacial score (nSPS) is 13.9. The van der Waals surface area contributed by atoms with Crippen LogP contribution in [0.2, 0.25) is 5.02 Å². The lowest BCUT2D eigenvalue weighted by Crippen LogP contribution is -2.43. The molecule has 0 bridgehead atoms. The van der Waals surface area contributed by atoms with Crippen molar-refractivity contribution >= 4 is 27.3 Å². The van der Waals surface area contributed by atoms with Gasteiger partial charge in [-0.2, -0.15) is 4.31 Å². The van der Waals surface area contributed by atoms with Crippen LogP contribution in [0.15, 0.2) is 17.0 Å². The standard InChI is InChI=1S/C14H24ClN3O2S/c1-6-18(10(2)9-17(4)5)21(19,20)12-7-13(15)11(3)14(16)8-12/h7-8,10H,6,9,16H2,1-5H3. The predicted octanol–water partition coefficient (Wildman–Crippen LogP) is 2.19. The minimum absolute atomic E-state index is 0.142. The third-order valence-electron chi connectivity index (χ3n) is 3.40. The molecule has 0 saturated carbocycles. The summed E-state index contributed by atoms with van der Waals surface area (Å²) >= 11 is 6.07. The van der Waals surface area contributed by atoms with Gasteiger partial charge in [-0.25, -0.2) is 8.42 Å². The number of sulfonamides is 1. The van der Waals surface area contributed by atoms with Gasteiger partial charge in [-0.15, -0.1) is 0 Å². The number of hydrogen-bond acceptors (Lipinski definition) is 4. The minimum Gasteiger partial charge on any atom is -0.398 e. The van der Waals surface area contributed by atoms with Crippen LogP contribution >= 0.6 is 11.6 Å². The Bertz CT molecular complexity index is 579. The lowest BCUT2D eigenvalue weighted by Gasteiger charge is -2.29. The number of anilines is 1. The van der Waals surface area contributed by atoms with Gasteiger partial charge < -0.3 is 10.6 Å². The molecule has 5 nitrogen and oxygen atoms in total. The summed E-state index contributed by atoms with van der Waals surface area (Å²) < 4.78 is 27.1. The molecule has 0 fully saturated rings. The zero-order valence-electron chi connectivity index (χ0n) is 13.2. The van der Waals surface area contributed by atoms with Gasteiger partial charge in [0.15, 0.2) is 0 Å². The van der Waals surface area contributed by atoms with Crippen LogP contribution < -0.4 is 5.73 Å². The van der Waals surface area contributed by atoms with Crippen molar-refractivity contribution in [3.8, 4) is 0 Å². The van der Waals surface area contributed by atoms with Crippen LogP contribution in [-0.2, 0) is 10.0 Å². The Hall–Kier alpha value is -0.820. The summed E-state index contributed by atoms with van der Waals surface area (Å²) in [6, 6.07) is 2.80. The third-order valence-corrected chi connectivity index (χ3v) is 5.86. The summed E-state index contributed by atoms with van der Waals surface area (Å²) in [6.45, 7) is 6.51. The highest BCUT2D eigenvalue weighted by molar-refractivity contribution is 7.89. The summed E-state index contributed by atoms with van der Waals surface area (Å²) in [5, 5.41) is 0.366. The first kappa shape index (κ1) is 18.2. The molecule has 0 spiro atoms. The Morgan fingerprint density at radius 1 is 1.33 bits per heavy atom. The summed E-state index contributed by atoms with van der Waals surface area (Å²) in [7, 11) is 0.213. The van der Waals surface area contributed by atoms with E-state index in [0.717, 1.165) is 0 Å². The van der Waals surface area contributed by atoms with Gasteiger partial charge in [-0.1, -0.05) is 18.5 Å². The van der Waals surface area contributed by atoms with Gasteiger partial charge in [0.2, 0.25) is 10.0 Å². The molecule has 120 valence electrons. The second kappa shape index (κ2) is 6.96. The zero-order chi connectivity index (χ0) is 16.4. The fourth-order valence-corrected chi connectivity index (χ4v) is 4.28. The van der Waals surface area contributed by atoms with Crippen molar-refractivity contribution < 1.29 is 8.42 Å². The topological polar surface area (TPSA) is 66.6 Å². The number of benzene rings is 1. The molecule has 0 aliphatic rings. The Balaban J connectivity index is 3.25. The number of halogens is 1. The first-order valence-corrected chi connectivity index (χ1v) is 8.65. The van der Waals surface area contributed by atoms with Crippen molar-refractivity contribution in [1.29, 1.82) is 0 Å². The second-order valence-electron chi connectivity index (χ2n) is 5.44. The van der Waals surface area contributed by atoms with Gasteiger partial charge in [0.1, 0.15) is 0 Å². The van der Waals surface area contributed by atoms with E-state index in [1.165, 1.54) is 16.4 Å². The van der Waals surface area contributed by atoms with Gasteiger partial charge in [0.05, 0.1) is 4.90 Å². The van der Waals surface area contributed by atoms with E-state index >= 15 is 0 Å². The number of nitrogen functional groups attached to an aromatic ring is 1. The van der Waals surface area contributed by atoms with Crippen molar-refractivity contribution in [1.82, 2.24) is 9.21 Å². The highest BCUT2D eigenvalue weighted by Crippen LogP contribution is 2.28. The van der Waals surface area contributed by atoms with Crippen molar-refractivity contribution in [3.63, 3.8) is 0 Å². The van der Waals surface area contributed by atoms with E-state index in [4.69, 9.17) is 17.3 Å². The summed E-state index contributed by atoms with van der Waals surface area (Å²) in [4.78, 5) is 2.10. The Morgan fingerprint density at radius 3 is 2.33 bits per heavy atom. The van der Waals surface area contributed by atoms with Crippen molar-refractivity contribution in [2.75, 3.05) is 32.9 Å². The van der Waals surface area contributed by atoms with E-state index in [1.54, 1.807) is 6.92 Å². The van der Waals surface area contributed by atoms with E-state index in [0.29, 0.717) is 29.4 Å². The molecule has 21 heavy (non-hydrogen) atoms. The minimum atomic E-state index is -3.62. The number of nitrogens with zero attached hydrogens (tertiary/aromatic N) is 2. The maximum absolute atomic E-state index is 12.8. The highest BCUT2D eigenvalue weighted by Gasteiger charge is 2.28. The van der Waals surface area contributed by atoms with Crippen molar-refractivity contribution in [3.05, 3.63) is 22.7 Å². The van der Waals surface area contributed by atoms with Gasteiger partial charge in [-0.05, 0) is 45.6 Å². The highest BCUT2D eigenvalue weighted by atomic mass is 35.5. The molecule has 1 aromatic carbocycles. The first-order chi connectivity index (χ1) is 9.61. The molecule has 1 unspecified atom stereocenters. The average molecular weight is 334 g/mol. The van der Waals surface area contributed by atoms with Crippen LogP contribution in [0.3, 0.4) is 0 Å². The van der Waals surface area contributed by atoms with Gasteiger partial charge in [0.25, 0.3) is 0 Å². The smallest absolute Gasteiger partial charge is 0.243 e. The fraction of sp³-hybridized carbons (Fsp3) is 0.571. The van der Waals surface area contributed by atoms with Crippen LogP contribution in [0, 0.1) is 6.92 Å². The molecule has 0 aromatic heterocycles. The lowest BCUT2D eigenvalue weighted by atomic mass is 10.2. The maximum Gasteiger partial charge on any atom is 0.243 e. The molecule has 0 heterocycles. The molecule has 0 aliphatic heterocycles. The molecule has 1 atom stereocenters. The van der Waals surface area contributed by atoms with Crippen LogP contribution in [0.4, 0.5) is 5.69 Å². The molecular weight excluding hydrogens is 310 g/mol. The number of rotatable bonds is 6. The van der Waals surface area contributed by atoms with E-state index < -0.39 is 10.0 Å². The molecule has 0 aliphatic carbocycles. The van der Waals surface area contributed by atoms with E-state index in [-0.39, 0.29) is 10.9 Å². The summed E-state index contributed by atoms with van der Waals surface area (Å²) in [6.07, 6.45) is 0. The van der Waals surface area contributed by atoms with Crippen LogP contribution in [-0.4, -0.2) is 50.8 Å². The first-order valence-electron chi connectivity index (χ1n) is 6.83. The molecule has 0 radical (unpaired) electrons. The fourth-order valence-electron chi connectivity index (χ4n) is 2.30. The van der Waals surface area contributed by atoms with Gasteiger partial charge >= 0.3 is 0 Å². The molecule has 7 heteroatoms. The zero-order valence-corrected chi connectivity index (χ0v) is 14.8. The van der Waals surface area contributed by atoms with E-state index in [2.05, 4.69) is 0 Å². The van der Waals surface area contributed by atoms with E-state index in [1.807, 2.05) is 32.8 Å². The van der Waals surface area contributed by atoms with Crippen LogP contribution in [0.1, 0.15) is 19.4 Å². The van der Waals surface area contributed by atoms with E-state index in [9.17, 15) is 8.42 Å². The van der Waals surface area contributed by atoms with Crippen molar-refractivity contribution in [2.45, 2.75) is 31.7 Å². The van der Waals surface area contributed by atoms with Crippen LogP contribution in [0.25, 0.3) is 0 Å². The van der Waals surface area contributed by atoms with Gasteiger partial charge in [-0.3, -0.25) is 0 Å². The Labute approximate surface area is 132 Å². The number of hydrogen-bond donors (Lipinski definition) is 1. The summed E-state index contributed by atoms with van der Waals surface area (Å²) in [5.74, 6) is 0. The molecule has 0 amide bonds. The number of likely N-dealkylation sites (N-methyl/N-ethyl adjacent to an activating group) is 2. The van der Waals surface area contributed by atoms with Crippen molar-refractivity contribution in [2.24, 2.45) is 0 Å². The Kier molecular flexibility index (Phi) is 6.04. The monoisotopic (exact) mass is 333 g/mol. The molecular formula is C14H24ClN3O2S. The molecule has 2 N–H and O–H groups in total.